The first-order valence-corrected chi connectivity index (χ1v) is 8.12. The molecule has 7 heteroatoms. The zero-order valence-corrected chi connectivity index (χ0v) is 12.1. The van der Waals surface area contributed by atoms with Gasteiger partial charge in [-0.25, -0.2) is 0 Å². The Morgan fingerprint density at radius 3 is 2.90 bits per heavy atom. The number of rotatable bonds is 7. The maximum Gasteiger partial charge on any atom is 0.313 e. The minimum atomic E-state index is -0.818. The van der Waals surface area contributed by atoms with Crippen molar-refractivity contribution in [3.8, 4) is 0 Å². The van der Waals surface area contributed by atoms with E-state index in [0.29, 0.717) is 12.1 Å². The molecule has 3 rings (SSSR count). The maximum atomic E-state index is 10.7. The van der Waals surface area contributed by atoms with E-state index in [1.54, 1.807) is 0 Å². The van der Waals surface area contributed by atoms with Crippen molar-refractivity contribution in [2.75, 3.05) is 12.4 Å². The smallest absolute Gasteiger partial charge is 0.313 e. The van der Waals surface area contributed by atoms with Crippen LogP contribution in [-0.4, -0.2) is 44.3 Å². The lowest BCUT2D eigenvalue weighted by atomic mass is 10.1. The van der Waals surface area contributed by atoms with Gasteiger partial charge in [-0.05, 0) is 32.1 Å². The van der Waals surface area contributed by atoms with Crippen LogP contribution in [0.3, 0.4) is 0 Å². The van der Waals surface area contributed by atoms with Crippen LogP contribution in [0.25, 0.3) is 0 Å². The zero-order valence-electron chi connectivity index (χ0n) is 11.3. The number of carboxylic acids is 1. The Labute approximate surface area is 121 Å². The Kier molecular flexibility index (Phi) is 4.26. The van der Waals surface area contributed by atoms with Crippen LogP contribution in [0.15, 0.2) is 5.16 Å². The van der Waals surface area contributed by atoms with E-state index in [1.165, 1.54) is 11.8 Å². The summed E-state index contributed by atoms with van der Waals surface area (Å²) in [7, 11) is 0. The van der Waals surface area contributed by atoms with Gasteiger partial charge in [0.25, 0.3) is 0 Å². The Morgan fingerprint density at radius 2 is 2.25 bits per heavy atom. The molecule has 1 aliphatic carbocycles. The lowest BCUT2D eigenvalue weighted by Crippen LogP contribution is -2.10. The number of carboxylic acid groups (broad SMARTS) is 1. The minimum absolute atomic E-state index is 0.0383. The topological polar surface area (TPSA) is 77.2 Å². The summed E-state index contributed by atoms with van der Waals surface area (Å²) in [5, 5.41) is 18.0. The molecule has 6 nitrogen and oxygen atoms in total. The third kappa shape index (κ3) is 3.32. The third-order valence-electron chi connectivity index (χ3n) is 3.69. The van der Waals surface area contributed by atoms with E-state index < -0.39 is 5.97 Å². The predicted molar refractivity (Wildman–Crippen MR) is 73.9 cm³/mol. The number of hydrogen-bond acceptors (Lipinski definition) is 5. The summed E-state index contributed by atoms with van der Waals surface area (Å²) in [5.41, 5.74) is 0. The van der Waals surface area contributed by atoms with Crippen molar-refractivity contribution in [1.82, 2.24) is 14.8 Å². The van der Waals surface area contributed by atoms with E-state index in [0.717, 1.165) is 56.1 Å². The van der Waals surface area contributed by atoms with Crippen LogP contribution in [-0.2, 0) is 16.0 Å². The monoisotopic (exact) mass is 297 g/mol. The van der Waals surface area contributed by atoms with Gasteiger partial charge in [-0.3, -0.25) is 4.79 Å². The highest BCUT2D eigenvalue weighted by Gasteiger charge is 2.30. The molecule has 0 radical (unpaired) electrons. The first-order valence-electron chi connectivity index (χ1n) is 7.14. The Bertz CT molecular complexity index is 481. The van der Waals surface area contributed by atoms with Crippen molar-refractivity contribution < 1.29 is 14.6 Å². The number of ether oxygens (including phenoxy) is 1. The van der Waals surface area contributed by atoms with Gasteiger partial charge >= 0.3 is 5.97 Å². The fourth-order valence-corrected chi connectivity index (χ4v) is 3.31. The highest BCUT2D eigenvalue weighted by molar-refractivity contribution is 7.99. The van der Waals surface area contributed by atoms with Crippen LogP contribution < -0.4 is 0 Å². The van der Waals surface area contributed by atoms with Crippen molar-refractivity contribution in [3.63, 3.8) is 0 Å². The molecule has 1 atom stereocenters. The van der Waals surface area contributed by atoms with Gasteiger partial charge in [0.1, 0.15) is 5.82 Å². The Balaban J connectivity index is 1.65. The average molecular weight is 297 g/mol. The maximum absolute atomic E-state index is 10.7. The van der Waals surface area contributed by atoms with Gasteiger partial charge in [0.2, 0.25) is 0 Å². The third-order valence-corrected chi connectivity index (χ3v) is 4.61. The van der Waals surface area contributed by atoms with E-state index in [1.807, 2.05) is 0 Å². The fraction of sp³-hybridized carbons (Fsp3) is 0.769. The average Bonchev–Trinajstić information content (AvgIpc) is 2.98. The molecule has 1 aliphatic heterocycles. The number of hydrogen-bond donors (Lipinski definition) is 1. The van der Waals surface area contributed by atoms with E-state index >= 15 is 0 Å². The zero-order chi connectivity index (χ0) is 13.9. The molecule has 0 spiro atoms. The number of aromatic nitrogens is 3. The Morgan fingerprint density at radius 1 is 1.40 bits per heavy atom. The lowest BCUT2D eigenvalue weighted by Gasteiger charge is -2.10. The molecule has 1 aromatic rings. The van der Waals surface area contributed by atoms with E-state index in [2.05, 4.69) is 14.8 Å². The summed E-state index contributed by atoms with van der Waals surface area (Å²) in [5.74, 6) is 0.202. The first-order chi connectivity index (χ1) is 9.74. The number of thioether (sulfide) groups is 1. The fourth-order valence-electron chi connectivity index (χ4n) is 2.56. The Hall–Kier alpha value is -1.08. The molecule has 2 fully saturated rings. The summed E-state index contributed by atoms with van der Waals surface area (Å²) in [6.07, 6.45) is 6.78. The van der Waals surface area contributed by atoms with Crippen LogP contribution in [0, 0.1) is 0 Å². The van der Waals surface area contributed by atoms with Crippen LogP contribution in [0.4, 0.5) is 0 Å². The molecule has 0 amide bonds. The van der Waals surface area contributed by atoms with E-state index in [9.17, 15) is 4.79 Å². The van der Waals surface area contributed by atoms with Crippen LogP contribution >= 0.6 is 11.8 Å². The minimum Gasteiger partial charge on any atom is -0.481 e. The van der Waals surface area contributed by atoms with Crippen molar-refractivity contribution in [2.24, 2.45) is 0 Å². The van der Waals surface area contributed by atoms with Gasteiger partial charge in [-0.1, -0.05) is 11.8 Å². The summed E-state index contributed by atoms with van der Waals surface area (Å²) in [6.45, 7) is 0.875. The molecule has 110 valence electrons. The molecule has 1 saturated heterocycles. The first kappa shape index (κ1) is 13.9. The number of aryl methyl sites for hydroxylation is 1. The van der Waals surface area contributed by atoms with Gasteiger partial charge in [-0.2, -0.15) is 0 Å². The molecular formula is C13H19N3O3S. The van der Waals surface area contributed by atoms with E-state index in [4.69, 9.17) is 9.84 Å². The van der Waals surface area contributed by atoms with Crippen molar-refractivity contribution in [3.05, 3.63) is 5.82 Å². The van der Waals surface area contributed by atoms with Gasteiger partial charge in [0, 0.05) is 19.1 Å². The normalized spacial score (nSPS) is 22.3. The molecule has 1 saturated carbocycles. The molecular weight excluding hydrogens is 278 g/mol. The standard InChI is InChI=1S/C13H19N3O3S/c17-12(18)8-20-13-15-14-11(16(13)9-3-4-9)6-5-10-2-1-7-19-10/h9-10H,1-8H2,(H,17,18). The molecule has 1 unspecified atom stereocenters. The van der Waals surface area contributed by atoms with Crippen molar-refractivity contribution in [1.29, 1.82) is 0 Å². The molecule has 20 heavy (non-hydrogen) atoms. The molecule has 0 aromatic carbocycles. The van der Waals surface area contributed by atoms with Crippen molar-refractivity contribution >= 4 is 17.7 Å². The summed E-state index contributed by atoms with van der Waals surface area (Å²) in [4.78, 5) is 10.7. The molecule has 2 aliphatic rings. The second-order valence-electron chi connectivity index (χ2n) is 5.36. The lowest BCUT2D eigenvalue weighted by molar-refractivity contribution is -0.133. The van der Waals surface area contributed by atoms with Crippen LogP contribution in [0.1, 0.15) is 44.0 Å². The second kappa shape index (κ2) is 6.13. The quantitative estimate of drug-likeness (QED) is 0.775. The number of carbonyl (C=O) groups is 1. The van der Waals surface area contributed by atoms with Crippen molar-refractivity contribution in [2.45, 2.75) is 55.8 Å². The molecule has 0 bridgehead atoms. The number of aliphatic carboxylic acids is 1. The predicted octanol–water partition coefficient (Wildman–Crippen LogP) is 1.90. The van der Waals surface area contributed by atoms with Crippen LogP contribution in [0.5, 0.6) is 0 Å². The summed E-state index contributed by atoms with van der Waals surface area (Å²) >= 11 is 1.26. The molecule has 2 heterocycles. The van der Waals surface area contributed by atoms with Gasteiger partial charge in [0.05, 0.1) is 11.9 Å². The second-order valence-corrected chi connectivity index (χ2v) is 6.30. The van der Waals surface area contributed by atoms with Gasteiger partial charge in [0.15, 0.2) is 5.16 Å². The van der Waals surface area contributed by atoms with Gasteiger partial charge < -0.3 is 14.4 Å². The highest BCUT2D eigenvalue weighted by Crippen LogP contribution is 2.39. The van der Waals surface area contributed by atoms with Crippen LogP contribution in [0.2, 0.25) is 0 Å². The summed E-state index contributed by atoms with van der Waals surface area (Å²) in [6, 6.07) is 0.473. The highest BCUT2D eigenvalue weighted by atomic mass is 32.2. The molecule has 1 aromatic heterocycles. The largest absolute Gasteiger partial charge is 0.481 e. The number of nitrogens with zero attached hydrogens (tertiary/aromatic N) is 3. The summed E-state index contributed by atoms with van der Waals surface area (Å²) < 4.78 is 7.78. The van der Waals surface area contributed by atoms with E-state index in [-0.39, 0.29) is 5.75 Å². The van der Waals surface area contributed by atoms with Gasteiger partial charge in [-0.15, -0.1) is 10.2 Å². The molecule has 1 N–H and O–H groups in total. The SMILES string of the molecule is O=C(O)CSc1nnc(CCC2CCCO2)n1C1CC1.